The molecule has 0 aliphatic heterocycles. The molecule has 0 aliphatic carbocycles. The van der Waals surface area contributed by atoms with E-state index in [1.54, 1.807) is 6.92 Å². The molecule has 74 valence electrons. The number of halogens is 1. The van der Waals surface area contributed by atoms with Crippen LogP contribution in [0.25, 0.3) is 0 Å². The van der Waals surface area contributed by atoms with Crippen molar-refractivity contribution >= 4 is 0 Å². The van der Waals surface area contributed by atoms with E-state index in [1.807, 2.05) is 6.92 Å². The van der Waals surface area contributed by atoms with Crippen LogP contribution >= 0.6 is 0 Å². The van der Waals surface area contributed by atoms with Crippen LogP contribution in [0.3, 0.4) is 0 Å². The summed E-state index contributed by atoms with van der Waals surface area (Å²) >= 11 is 0. The molecule has 0 aliphatic rings. The number of benzene rings is 1. The van der Waals surface area contributed by atoms with Crippen molar-refractivity contribution in [3.05, 3.63) is 29.6 Å². The third-order valence-electron chi connectivity index (χ3n) is 2.51. The fourth-order valence-electron chi connectivity index (χ4n) is 1.30. The van der Waals surface area contributed by atoms with Crippen LogP contribution in [0.4, 0.5) is 4.39 Å². The fourth-order valence-corrected chi connectivity index (χ4v) is 1.30. The summed E-state index contributed by atoms with van der Waals surface area (Å²) in [6.07, 6.45) is 0.572. The Morgan fingerprint density at radius 1 is 1.57 bits per heavy atom. The van der Waals surface area contributed by atoms with Gasteiger partial charge in [-0.05, 0) is 19.4 Å². The van der Waals surface area contributed by atoms with Crippen LogP contribution in [-0.4, -0.2) is 5.11 Å². The molecule has 0 radical (unpaired) electrons. The third-order valence-corrected chi connectivity index (χ3v) is 2.51. The van der Waals surface area contributed by atoms with E-state index in [2.05, 4.69) is 6.07 Å². The van der Waals surface area contributed by atoms with Gasteiger partial charge in [0.05, 0.1) is 11.5 Å². The van der Waals surface area contributed by atoms with Gasteiger partial charge >= 0.3 is 0 Å². The molecular formula is C11H12FNO. The maximum atomic E-state index is 12.7. The highest BCUT2D eigenvalue weighted by molar-refractivity contribution is 5.42. The van der Waals surface area contributed by atoms with E-state index in [0.717, 1.165) is 6.07 Å². The molecule has 1 atom stereocenters. The van der Waals surface area contributed by atoms with Crippen LogP contribution in [0.1, 0.15) is 25.8 Å². The number of rotatable bonds is 2. The number of hydrogen-bond donors (Lipinski definition) is 1. The van der Waals surface area contributed by atoms with Gasteiger partial charge < -0.3 is 5.11 Å². The lowest BCUT2D eigenvalue weighted by molar-refractivity contribution is 0.442. The lowest BCUT2D eigenvalue weighted by atomic mass is 9.81. The lowest BCUT2D eigenvalue weighted by Crippen LogP contribution is -2.18. The van der Waals surface area contributed by atoms with E-state index in [0.29, 0.717) is 12.0 Å². The first-order valence-corrected chi connectivity index (χ1v) is 4.43. The molecule has 1 unspecified atom stereocenters. The van der Waals surface area contributed by atoms with Gasteiger partial charge in [0, 0.05) is 11.6 Å². The van der Waals surface area contributed by atoms with Crippen molar-refractivity contribution in [2.75, 3.05) is 0 Å². The van der Waals surface area contributed by atoms with Gasteiger partial charge in [-0.2, -0.15) is 5.26 Å². The van der Waals surface area contributed by atoms with Gasteiger partial charge in [-0.3, -0.25) is 0 Å². The molecule has 0 saturated carbocycles. The Balaban J connectivity index is 3.26. The van der Waals surface area contributed by atoms with Gasteiger partial charge in [-0.1, -0.05) is 13.0 Å². The minimum Gasteiger partial charge on any atom is -0.508 e. The number of phenolic OH excluding ortho intramolecular Hbond substituents is 1. The van der Waals surface area contributed by atoms with Crippen molar-refractivity contribution in [3.63, 3.8) is 0 Å². The van der Waals surface area contributed by atoms with E-state index >= 15 is 0 Å². The maximum absolute atomic E-state index is 12.7. The molecule has 3 heteroatoms. The zero-order chi connectivity index (χ0) is 10.8. The Kier molecular flexibility index (Phi) is 2.76. The average molecular weight is 193 g/mol. The highest BCUT2D eigenvalue weighted by Gasteiger charge is 2.27. The van der Waals surface area contributed by atoms with Crippen LogP contribution in [0, 0.1) is 17.1 Å². The van der Waals surface area contributed by atoms with Gasteiger partial charge in [-0.25, -0.2) is 4.39 Å². The largest absolute Gasteiger partial charge is 0.508 e. The predicted molar refractivity (Wildman–Crippen MR) is 51.3 cm³/mol. The molecule has 14 heavy (non-hydrogen) atoms. The third kappa shape index (κ3) is 1.69. The number of aromatic hydroxyl groups is 1. The molecule has 1 N–H and O–H groups in total. The van der Waals surface area contributed by atoms with Crippen molar-refractivity contribution in [2.45, 2.75) is 25.7 Å². The summed E-state index contributed by atoms with van der Waals surface area (Å²) in [6.45, 7) is 3.58. The van der Waals surface area contributed by atoms with Crippen LogP contribution in [-0.2, 0) is 5.41 Å². The number of hydrogen-bond acceptors (Lipinski definition) is 2. The first kappa shape index (κ1) is 10.5. The Morgan fingerprint density at radius 2 is 2.21 bits per heavy atom. The SMILES string of the molecule is CCC(C)(C#N)c1ccc(F)cc1O. The Bertz CT molecular complexity index is 383. The number of nitrogens with zero attached hydrogens (tertiary/aromatic N) is 1. The maximum Gasteiger partial charge on any atom is 0.126 e. The van der Waals surface area contributed by atoms with Crippen molar-refractivity contribution in [1.29, 1.82) is 5.26 Å². The zero-order valence-corrected chi connectivity index (χ0v) is 8.21. The zero-order valence-electron chi connectivity index (χ0n) is 8.21. The molecular weight excluding hydrogens is 181 g/mol. The van der Waals surface area contributed by atoms with Crippen LogP contribution in [0.15, 0.2) is 18.2 Å². The van der Waals surface area contributed by atoms with Gasteiger partial charge in [-0.15, -0.1) is 0 Å². The standard InChI is InChI=1S/C11H12FNO/c1-3-11(2,7-13)9-5-4-8(12)6-10(9)14/h4-6,14H,3H2,1-2H3. The van der Waals surface area contributed by atoms with Crippen molar-refractivity contribution < 1.29 is 9.50 Å². The lowest BCUT2D eigenvalue weighted by Gasteiger charge is -2.20. The normalized spacial score (nSPS) is 14.4. The second kappa shape index (κ2) is 3.67. The van der Waals surface area contributed by atoms with Crippen LogP contribution in [0.5, 0.6) is 5.75 Å². The van der Waals surface area contributed by atoms with Gasteiger partial charge in [0.1, 0.15) is 11.6 Å². The summed E-state index contributed by atoms with van der Waals surface area (Å²) in [5, 5.41) is 18.5. The summed E-state index contributed by atoms with van der Waals surface area (Å²) in [5.41, 5.74) is -0.276. The summed E-state index contributed by atoms with van der Waals surface area (Å²) in [6, 6.07) is 5.86. The van der Waals surface area contributed by atoms with Gasteiger partial charge in [0.15, 0.2) is 0 Å². The predicted octanol–water partition coefficient (Wildman–Crippen LogP) is 2.72. The van der Waals surface area contributed by atoms with Crippen LogP contribution in [0.2, 0.25) is 0 Å². The highest BCUT2D eigenvalue weighted by atomic mass is 19.1. The monoisotopic (exact) mass is 193 g/mol. The summed E-state index contributed by atoms with van der Waals surface area (Å²) in [5.74, 6) is -0.654. The smallest absolute Gasteiger partial charge is 0.126 e. The van der Waals surface area contributed by atoms with Gasteiger partial charge in [0.25, 0.3) is 0 Å². The number of phenols is 1. The van der Waals surface area contributed by atoms with E-state index in [9.17, 15) is 9.50 Å². The molecule has 0 saturated heterocycles. The summed E-state index contributed by atoms with van der Waals surface area (Å²) < 4.78 is 12.7. The molecule has 1 aromatic carbocycles. The highest BCUT2D eigenvalue weighted by Crippen LogP contribution is 2.33. The Hall–Kier alpha value is -1.56. The molecule has 0 amide bonds. The number of nitriles is 1. The van der Waals surface area contributed by atoms with Crippen molar-refractivity contribution in [3.8, 4) is 11.8 Å². The molecule has 2 nitrogen and oxygen atoms in total. The molecule has 1 aromatic rings. The first-order chi connectivity index (χ1) is 6.53. The minimum absolute atomic E-state index is 0.157. The average Bonchev–Trinajstić information content (AvgIpc) is 2.17. The van der Waals surface area contributed by atoms with Crippen molar-refractivity contribution in [2.24, 2.45) is 0 Å². The summed E-state index contributed by atoms with van der Waals surface area (Å²) in [7, 11) is 0. The topological polar surface area (TPSA) is 44.0 Å². The van der Waals surface area contributed by atoms with E-state index in [-0.39, 0.29) is 5.75 Å². The second-order valence-electron chi connectivity index (χ2n) is 3.46. The Morgan fingerprint density at radius 3 is 2.64 bits per heavy atom. The molecule has 0 bridgehead atoms. The quantitative estimate of drug-likeness (QED) is 0.784. The minimum atomic E-state index is -0.752. The molecule has 1 rings (SSSR count). The molecule has 0 heterocycles. The van der Waals surface area contributed by atoms with E-state index in [4.69, 9.17) is 5.26 Å². The van der Waals surface area contributed by atoms with E-state index < -0.39 is 11.2 Å². The molecule has 0 aromatic heterocycles. The molecule has 0 fully saturated rings. The molecule has 0 spiro atoms. The van der Waals surface area contributed by atoms with Gasteiger partial charge in [0.2, 0.25) is 0 Å². The van der Waals surface area contributed by atoms with Crippen LogP contribution < -0.4 is 0 Å². The Labute approximate surface area is 82.6 Å². The van der Waals surface area contributed by atoms with E-state index in [1.165, 1.54) is 12.1 Å². The first-order valence-electron chi connectivity index (χ1n) is 4.43. The van der Waals surface area contributed by atoms with Crippen molar-refractivity contribution in [1.82, 2.24) is 0 Å². The second-order valence-corrected chi connectivity index (χ2v) is 3.46. The fraction of sp³-hybridized carbons (Fsp3) is 0.364. The summed E-state index contributed by atoms with van der Waals surface area (Å²) in [4.78, 5) is 0.